The molecule has 5 aromatic rings. The molecule has 4 aromatic heterocycles. The number of benzene rings is 1. The standard InChI is InChI=1S/C34H35N7O/c1-19(2)10-30(42)39-25-13-23(16-35-18-25)24-14-27-31(38-17-24)22(5)21(4)15-37-33(27)34-40-29-12-20(3)11-26(32(29)41-34)28-8-6-7-9-36-28/h6-9,11-14,16-19,21-22H,10,15H2,1-5H3,(H,39,42)(H,40,41). The number of fused-ring (bicyclic) bond motifs is 2. The number of aromatic nitrogens is 5. The summed E-state index contributed by atoms with van der Waals surface area (Å²) in [6, 6.07) is 14.2. The van der Waals surface area contributed by atoms with Crippen LogP contribution >= 0.6 is 0 Å². The first-order valence-corrected chi connectivity index (χ1v) is 14.5. The first-order chi connectivity index (χ1) is 20.3. The number of amides is 1. The van der Waals surface area contributed by atoms with E-state index < -0.39 is 0 Å². The Bertz CT molecular complexity index is 1810. The maximum atomic E-state index is 12.4. The fourth-order valence-electron chi connectivity index (χ4n) is 5.48. The van der Waals surface area contributed by atoms with Crippen LogP contribution in [-0.2, 0) is 4.79 Å². The molecule has 1 amide bonds. The molecule has 0 fully saturated rings. The van der Waals surface area contributed by atoms with Gasteiger partial charge in [-0.2, -0.15) is 0 Å². The van der Waals surface area contributed by atoms with E-state index in [2.05, 4.69) is 59.2 Å². The number of nitrogens with zero attached hydrogens (tertiary/aromatic N) is 5. The fraction of sp³-hybridized carbons (Fsp3) is 0.294. The van der Waals surface area contributed by atoms with Gasteiger partial charge in [0.05, 0.1) is 34.3 Å². The van der Waals surface area contributed by atoms with Gasteiger partial charge in [-0.1, -0.05) is 33.8 Å². The van der Waals surface area contributed by atoms with E-state index >= 15 is 0 Å². The number of imidazole rings is 1. The average Bonchev–Trinajstić information content (AvgIpc) is 3.34. The smallest absolute Gasteiger partial charge is 0.224 e. The van der Waals surface area contributed by atoms with Crippen molar-refractivity contribution >= 4 is 28.3 Å². The lowest BCUT2D eigenvalue weighted by Crippen LogP contribution is -2.14. The van der Waals surface area contributed by atoms with E-state index in [1.165, 1.54) is 0 Å². The first kappa shape index (κ1) is 27.4. The van der Waals surface area contributed by atoms with Crippen LogP contribution in [0.2, 0.25) is 0 Å². The van der Waals surface area contributed by atoms with E-state index in [1.54, 1.807) is 18.6 Å². The zero-order valence-corrected chi connectivity index (χ0v) is 24.6. The fourth-order valence-corrected chi connectivity index (χ4v) is 5.48. The monoisotopic (exact) mass is 557 g/mol. The van der Waals surface area contributed by atoms with E-state index in [1.807, 2.05) is 44.3 Å². The number of hydrogen-bond acceptors (Lipinski definition) is 6. The maximum Gasteiger partial charge on any atom is 0.224 e. The predicted molar refractivity (Wildman–Crippen MR) is 168 cm³/mol. The van der Waals surface area contributed by atoms with Crippen LogP contribution in [0.5, 0.6) is 0 Å². The van der Waals surface area contributed by atoms with Crippen molar-refractivity contribution in [3.8, 4) is 22.4 Å². The highest BCUT2D eigenvalue weighted by Crippen LogP contribution is 2.34. The molecule has 0 aliphatic carbocycles. The Morgan fingerprint density at radius 1 is 1.02 bits per heavy atom. The minimum Gasteiger partial charge on any atom is -0.337 e. The van der Waals surface area contributed by atoms with Gasteiger partial charge < -0.3 is 10.3 Å². The lowest BCUT2D eigenvalue weighted by molar-refractivity contribution is -0.116. The van der Waals surface area contributed by atoms with Crippen LogP contribution in [0.25, 0.3) is 33.4 Å². The summed E-state index contributed by atoms with van der Waals surface area (Å²) in [5.74, 6) is 1.50. The molecule has 0 saturated carbocycles. The molecule has 0 bridgehead atoms. The first-order valence-electron chi connectivity index (χ1n) is 14.5. The molecule has 1 aromatic carbocycles. The molecule has 0 radical (unpaired) electrons. The maximum absolute atomic E-state index is 12.4. The summed E-state index contributed by atoms with van der Waals surface area (Å²) in [6.45, 7) is 11.2. The van der Waals surface area contributed by atoms with E-state index in [9.17, 15) is 4.79 Å². The van der Waals surface area contributed by atoms with Gasteiger partial charge in [-0.3, -0.25) is 24.7 Å². The van der Waals surface area contributed by atoms with Crippen LogP contribution in [0.4, 0.5) is 5.69 Å². The summed E-state index contributed by atoms with van der Waals surface area (Å²) >= 11 is 0. The van der Waals surface area contributed by atoms with Gasteiger partial charge in [-0.05, 0) is 60.7 Å². The summed E-state index contributed by atoms with van der Waals surface area (Å²) < 4.78 is 0. The molecule has 5 heterocycles. The number of H-pyrrole nitrogens is 1. The minimum absolute atomic E-state index is 0.0218. The van der Waals surface area contributed by atoms with Crippen molar-refractivity contribution in [1.29, 1.82) is 0 Å². The molecule has 42 heavy (non-hydrogen) atoms. The Morgan fingerprint density at radius 3 is 2.64 bits per heavy atom. The van der Waals surface area contributed by atoms with Crippen molar-refractivity contribution in [2.45, 2.75) is 47.0 Å². The van der Waals surface area contributed by atoms with Crippen molar-refractivity contribution in [3.63, 3.8) is 0 Å². The number of aromatic amines is 1. The third-order valence-corrected chi connectivity index (χ3v) is 7.84. The van der Waals surface area contributed by atoms with Crippen LogP contribution in [0, 0.1) is 18.8 Å². The molecule has 1 aliphatic rings. The number of anilines is 1. The zero-order valence-electron chi connectivity index (χ0n) is 24.6. The zero-order chi connectivity index (χ0) is 29.4. The van der Waals surface area contributed by atoms with E-state index in [0.717, 1.165) is 56.0 Å². The highest BCUT2D eigenvalue weighted by molar-refractivity contribution is 6.14. The predicted octanol–water partition coefficient (Wildman–Crippen LogP) is 6.97. The second kappa shape index (κ2) is 11.3. The van der Waals surface area contributed by atoms with E-state index in [0.29, 0.717) is 30.4 Å². The molecule has 2 atom stereocenters. The Morgan fingerprint density at radius 2 is 1.86 bits per heavy atom. The minimum atomic E-state index is -0.0218. The largest absolute Gasteiger partial charge is 0.337 e. The lowest BCUT2D eigenvalue weighted by Gasteiger charge is -2.18. The molecule has 8 nitrogen and oxygen atoms in total. The molecule has 212 valence electrons. The number of carbonyl (C=O) groups is 1. The number of hydrogen-bond donors (Lipinski definition) is 2. The lowest BCUT2D eigenvalue weighted by atomic mass is 9.89. The van der Waals surface area contributed by atoms with Gasteiger partial charge in [0, 0.05) is 59.7 Å². The van der Waals surface area contributed by atoms with Gasteiger partial charge in [0.25, 0.3) is 0 Å². The number of pyridine rings is 3. The molecule has 2 N–H and O–H groups in total. The van der Waals surface area contributed by atoms with Crippen molar-refractivity contribution in [2.24, 2.45) is 16.8 Å². The summed E-state index contributed by atoms with van der Waals surface area (Å²) in [5, 5.41) is 2.98. The molecule has 0 spiro atoms. The summed E-state index contributed by atoms with van der Waals surface area (Å²) in [4.78, 5) is 40.1. The molecule has 8 heteroatoms. The van der Waals surface area contributed by atoms with E-state index in [-0.39, 0.29) is 17.7 Å². The van der Waals surface area contributed by atoms with E-state index in [4.69, 9.17) is 15.0 Å². The molecule has 2 unspecified atom stereocenters. The second-order valence-corrected chi connectivity index (χ2v) is 11.7. The Balaban J connectivity index is 1.44. The van der Waals surface area contributed by atoms with Crippen molar-refractivity contribution in [3.05, 3.63) is 89.9 Å². The van der Waals surface area contributed by atoms with Gasteiger partial charge in [-0.15, -0.1) is 0 Å². The van der Waals surface area contributed by atoms with Crippen molar-refractivity contribution in [2.75, 3.05) is 11.9 Å². The molecular weight excluding hydrogens is 522 g/mol. The van der Waals surface area contributed by atoms with Gasteiger partial charge in [-0.25, -0.2) is 4.98 Å². The SMILES string of the molecule is Cc1cc(-c2ccccn2)c2nc(C3=NCC(C)C(C)c4ncc(-c5cncc(NC(=O)CC(C)C)c5)cc43)[nH]c2c1. The van der Waals surface area contributed by atoms with Crippen LogP contribution in [0.1, 0.15) is 62.7 Å². The Kier molecular flexibility index (Phi) is 7.37. The van der Waals surface area contributed by atoms with Crippen LogP contribution < -0.4 is 5.32 Å². The highest BCUT2D eigenvalue weighted by Gasteiger charge is 2.28. The summed E-state index contributed by atoms with van der Waals surface area (Å²) in [7, 11) is 0. The summed E-state index contributed by atoms with van der Waals surface area (Å²) in [5.41, 5.74) is 9.98. The normalized spacial score (nSPS) is 16.7. The summed E-state index contributed by atoms with van der Waals surface area (Å²) in [6.07, 6.45) is 7.62. The van der Waals surface area contributed by atoms with Crippen LogP contribution in [0.15, 0.2) is 72.2 Å². The quantitative estimate of drug-likeness (QED) is 0.234. The second-order valence-electron chi connectivity index (χ2n) is 11.7. The number of rotatable bonds is 6. The topological polar surface area (TPSA) is 109 Å². The van der Waals surface area contributed by atoms with Crippen molar-refractivity contribution in [1.82, 2.24) is 24.9 Å². The van der Waals surface area contributed by atoms with Gasteiger partial charge in [0.2, 0.25) is 5.91 Å². The van der Waals surface area contributed by atoms with Crippen LogP contribution in [-0.4, -0.2) is 43.1 Å². The van der Waals surface area contributed by atoms with Crippen molar-refractivity contribution < 1.29 is 4.79 Å². The third-order valence-electron chi connectivity index (χ3n) is 7.84. The number of aryl methyl sites for hydroxylation is 1. The Labute approximate surface area is 245 Å². The highest BCUT2D eigenvalue weighted by atomic mass is 16.1. The number of carbonyl (C=O) groups excluding carboxylic acids is 1. The number of aliphatic imine (C=N–C) groups is 1. The van der Waals surface area contributed by atoms with Crippen LogP contribution in [0.3, 0.4) is 0 Å². The Hall–Kier alpha value is -4.72. The third kappa shape index (κ3) is 5.44. The number of nitrogens with one attached hydrogen (secondary N) is 2. The average molecular weight is 558 g/mol. The van der Waals surface area contributed by atoms with Gasteiger partial charge in [0.1, 0.15) is 5.71 Å². The van der Waals surface area contributed by atoms with Gasteiger partial charge in [0.15, 0.2) is 5.82 Å². The molecule has 0 saturated heterocycles. The molecule has 1 aliphatic heterocycles. The van der Waals surface area contributed by atoms with Gasteiger partial charge >= 0.3 is 0 Å². The molecular formula is C34H35N7O. The molecule has 6 rings (SSSR count).